The highest BCUT2D eigenvalue weighted by atomic mass is 35.5. The van der Waals surface area contributed by atoms with Gasteiger partial charge in [-0.05, 0) is 24.3 Å². The number of carbonyl (C=O) groups is 2. The van der Waals surface area contributed by atoms with Gasteiger partial charge in [-0.3, -0.25) is 9.59 Å². The van der Waals surface area contributed by atoms with Crippen LogP contribution in [0, 0.1) is 0 Å². The van der Waals surface area contributed by atoms with E-state index in [9.17, 15) is 9.59 Å². The topological polar surface area (TPSA) is 58.3 Å². The molecule has 0 unspecified atom stereocenters. The molecular weight excluding hydrogens is 376 g/mol. The van der Waals surface area contributed by atoms with Crippen LogP contribution >= 0.6 is 11.6 Å². The molecule has 28 heavy (non-hydrogen) atoms. The number of nitrogens with one attached hydrogen (secondary N) is 3. The molecule has 1 aliphatic rings. The van der Waals surface area contributed by atoms with Crippen LogP contribution in [0.2, 0.25) is 5.02 Å². The fourth-order valence-electron chi connectivity index (χ4n) is 3.42. The first-order chi connectivity index (χ1) is 13.5. The Labute approximate surface area is 170 Å². The molecule has 0 bridgehead atoms. The molecule has 148 valence electrons. The van der Waals surface area contributed by atoms with Crippen molar-refractivity contribution in [2.45, 2.75) is 0 Å². The number of piperazine rings is 1. The van der Waals surface area contributed by atoms with Gasteiger partial charge in [0.05, 0.1) is 10.7 Å². The highest BCUT2D eigenvalue weighted by Crippen LogP contribution is 2.19. The molecular formula is C21H27ClN4O2+2. The average molecular weight is 403 g/mol. The van der Waals surface area contributed by atoms with Crippen molar-refractivity contribution in [3.8, 4) is 0 Å². The number of likely N-dealkylation sites (N-methyl/N-ethyl adjacent to an activating group) is 1. The highest BCUT2D eigenvalue weighted by molar-refractivity contribution is 6.33. The van der Waals surface area contributed by atoms with Crippen LogP contribution in [0.1, 0.15) is 0 Å². The average Bonchev–Trinajstić information content (AvgIpc) is 2.71. The van der Waals surface area contributed by atoms with Crippen LogP contribution in [0.25, 0.3) is 0 Å². The molecule has 0 aromatic heterocycles. The summed E-state index contributed by atoms with van der Waals surface area (Å²) in [6, 6.07) is 16.9. The van der Waals surface area contributed by atoms with E-state index < -0.39 is 0 Å². The number of hydrogen-bond acceptors (Lipinski definition) is 2. The SMILES string of the molecule is CN(C(=O)C[NH+]1CC[NH+](CC(=O)Nc2ccccc2Cl)CC1)c1ccccc1. The second-order valence-corrected chi connectivity index (χ2v) is 7.58. The van der Waals surface area contributed by atoms with Crippen LogP contribution in [-0.4, -0.2) is 58.1 Å². The van der Waals surface area contributed by atoms with E-state index in [4.69, 9.17) is 11.6 Å². The maximum Gasteiger partial charge on any atom is 0.281 e. The van der Waals surface area contributed by atoms with E-state index in [1.165, 1.54) is 9.80 Å². The van der Waals surface area contributed by atoms with Crippen molar-refractivity contribution in [2.75, 3.05) is 56.5 Å². The first kappa shape index (κ1) is 20.3. The number of amides is 2. The van der Waals surface area contributed by atoms with Gasteiger partial charge in [-0.2, -0.15) is 0 Å². The van der Waals surface area contributed by atoms with Crippen LogP contribution < -0.4 is 20.0 Å². The lowest BCUT2D eigenvalue weighted by Gasteiger charge is -2.30. The zero-order valence-electron chi connectivity index (χ0n) is 16.1. The summed E-state index contributed by atoms with van der Waals surface area (Å²) in [5.74, 6) is 0.0764. The van der Waals surface area contributed by atoms with Gasteiger partial charge in [-0.1, -0.05) is 41.9 Å². The predicted molar refractivity (Wildman–Crippen MR) is 111 cm³/mol. The lowest BCUT2D eigenvalue weighted by atomic mass is 10.2. The number of carbonyl (C=O) groups excluding carboxylic acids is 2. The monoisotopic (exact) mass is 402 g/mol. The molecule has 1 fully saturated rings. The van der Waals surface area contributed by atoms with Crippen LogP contribution in [-0.2, 0) is 9.59 Å². The Morgan fingerprint density at radius 3 is 2.14 bits per heavy atom. The molecule has 2 amide bonds. The van der Waals surface area contributed by atoms with Gasteiger partial charge in [0.1, 0.15) is 26.2 Å². The Bertz CT molecular complexity index is 807. The van der Waals surface area contributed by atoms with E-state index in [2.05, 4.69) is 5.32 Å². The lowest BCUT2D eigenvalue weighted by molar-refractivity contribution is -1.00. The van der Waals surface area contributed by atoms with Crippen molar-refractivity contribution in [3.05, 3.63) is 59.6 Å². The molecule has 3 N–H and O–H groups in total. The third-order valence-electron chi connectivity index (χ3n) is 5.14. The largest absolute Gasteiger partial charge is 0.320 e. The Morgan fingerprint density at radius 2 is 1.50 bits per heavy atom. The Balaban J connectivity index is 1.42. The van der Waals surface area contributed by atoms with Crippen molar-refractivity contribution >= 4 is 34.8 Å². The highest BCUT2D eigenvalue weighted by Gasteiger charge is 2.27. The first-order valence-corrected chi connectivity index (χ1v) is 9.94. The van der Waals surface area contributed by atoms with Crippen LogP contribution in [0.15, 0.2) is 54.6 Å². The molecule has 0 atom stereocenters. The first-order valence-electron chi connectivity index (χ1n) is 9.56. The van der Waals surface area contributed by atoms with Gasteiger partial charge in [0, 0.05) is 12.7 Å². The second kappa shape index (κ2) is 9.68. The number of halogens is 1. The molecule has 1 saturated heterocycles. The summed E-state index contributed by atoms with van der Waals surface area (Å²) < 4.78 is 0. The number of hydrogen-bond donors (Lipinski definition) is 3. The maximum atomic E-state index is 12.5. The van der Waals surface area contributed by atoms with Gasteiger partial charge in [0.15, 0.2) is 13.1 Å². The lowest BCUT2D eigenvalue weighted by Crippen LogP contribution is -3.28. The summed E-state index contributed by atoms with van der Waals surface area (Å²) in [6.07, 6.45) is 0. The molecule has 1 aliphatic heterocycles. The van der Waals surface area contributed by atoms with Gasteiger partial charge in [-0.15, -0.1) is 0 Å². The molecule has 0 aliphatic carbocycles. The predicted octanol–water partition coefficient (Wildman–Crippen LogP) is -0.275. The fourth-order valence-corrected chi connectivity index (χ4v) is 3.61. The zero-order chi connectivity index (χ0) is 19.9. The van der Waals surface area contributed by atoms with Gasteiger partial charge in [0.2, 0.25) is 0 Å². The maximum absolute atomic E-state index is 12.5. The van der Waals surface area contributed by atoms with Crippen molar-refractivity contribution < 1.29 is 19.4 Å². The summed E-state index contributed by atoms with van der Waals surface area (Å²) in [4.78, 5) is 29.0. The molecule has 6 nitrogen and oxygen atoms in total. The minimum atomic E-state index is -0.0357. The molecule has 2 aromatic rings. The smallest absolute Gasteiger partial charge is 0.281 e. The fraction of sp³-hybridized carbons (Fsp3) is 0.333. The zero-order valence-corrected chi connectivity index (χ0v) is 16.8. The Kier molecular flexibility index (Phi) is 7.03. The number of quaternary nitrogens is 2. The van der Waals surface area contributed by atoms with E-state index in [0.717, 1.165) is 31.9 Å². The summed E-state index contributed by atoms with van der Waals surface area (Å²) in [7, 11) is 1.82. The van der Waals surface area contributed by atoms with Crippen LogP contribution in [0.4, 0.5) is 11.4 Å². The molecule has 0 saturated carbocycles. The number of rotatable bonds is 6. The van der Waals surface area contributed by atoms with E-state index in [1.807, 2.05) is 49.5 Å². The standard InChI is InChI=1S/C21H25ClN4O2/c1-24(17-7-3-2-4-8-17)21(28)16-26-13-11-25(12-14-26)15-20(27)23-19-10-6-5-9-18(19)22/h2-10H,11-16H2,1H3,(H,23,27)/p+2. The van der Waals surface area contributed by atoms with Crippen molar-refractivity contribution in [2.24, 2.45) is 0 Å². The normalized spacial score (nSPS) is 19.1. The third-order valence-corrected chi connectivity index (χ3v) is 5.47. The summed E-state index contributed by atoms with van der Waals surface area (Å²) in [5.41, 5.74) is 1.56. The molecule has 3 rings (SSSR count). The molecule has 0 radical (unpaired) electrons. The minimum absolute atomic E-state index is 0.0357. The summed E-state index contributed by atoms with van der Waals surface area (Å²) in [6.45, 7) is 4.38. The Morgan fingerprint density at radius 1 is 0.929 bits per heavy atom. The van der Waals surface area contributed by atoms with Gasteiger partial charge < -0.3 is 20.0 Å². The Hall–Kier alpha value is -2.41. The van der Waals surface area contributed by atoms with Crippen LogP contribution in [0.5, 0.6) is 0 Å². The third kappa shape index (κ3) is 5.55. The number of para-hydroxylation sites is 2. The molecule has 1 heterocycles. The van der Waals surface area contributed by atoms with Crippen molar-refractivity contribution in [1.29, 1.82) is 0 Å². The molecule has 7 heteroatoms. The summed E-state index contributed by atoms with van der Waals surface area (Å²) >= 11 is 6.09. The number of anilines is 2. The van der Waals surface area contributed by atoms with Gasteiger partial charge >= 0.3 is 0 Å². The molecule has 0 spiro atoms. The number of nitrogens with zero attached hydrogens (tertiary/aromatic N) is 1. The van der Waals surface area contributed by atoms with E-state index >= 15 is 0 Å². The van der Waals surface area contributed by atoms with E-state index in [1.54, 1.807) is 17.0 Å². The van der Waals surface area contributed by atoms with Crippen molar-refractivity contribution in [3.63, 3.8) is 0 Å². The number of benzene rings is 2. The van der Waals surface area contributed by atoms with E-state index in [0.29, 0.717) is 23.8 Å². The quantitative estimate of drug-likeness (QED) is 0.622. The minimum Gasteiger partial charge on any atom is -0.320 e. The van der Waals surface area contributed by atoms with Crippen LogP contribution in [0.3, 0.4) is 0 Å². The molecule has 2 aromatic carbocycles. The van der Waals surface area contributed by atoms with Gasteiger partial charge in [-0.25, -0.2) is 0 Å². The van der Waals surface area contributed by atoms with E-state index in [-0.39, 0.29) is 11.8 Å². The second-order valence-electron chi connectivity index (χ2n) is 7.17. The van der Waals surface area contributed by atoms with Gasteiger partial charge in [0.25, 0.3) is 11.8 Å². The van der Waals surface area contributed by atoms with Crippen molar-refractivity contribution in [1.82, 2.24) is 0 Å². The summed E-state index contributed by atoms with van der Waals surface area (Å²) in [5, 5.41) is 3.42.